The second-order valence-corrected chi connectivity index (χ2v) is 4.77. The highest BCUT2D eigenvalue weighted by molar-refractivity contribution is 5.92. The van der Waals surface area contributed by atoms with Gasteiger partial charge in [-0.1, -0.05) is 42.2 Å². The van der Waals surface area contributed by atoms with Gasteiger partial charge in [-0.05, 0) is 29.8 Å². The lowest BCUT2D eigenvalue weighted by Gasteiger charge is -2.05. The summed E-state index contributed by atoms with van der Waals surface area (Å²) in [4.78, 5) is 22.5. The zero-order chi connectivity index (χ0) is 16.5. The van der Waals surface area contributed by atoms with E-state index in [9.17, 15) is 9.59 Å². The molecule has 0 aliphatic heterocycles. The van der Waals surface area contributed by atoms with Crippen molar-refractivity contribution in [2.75, 3.05) is 6.54 Å². The molecule has 2 aromatic carbocycles. The minimum atomic E-state index is -0.471. The van der Waals surface area contributed by atoms with Gasteiger partial charge in [-0.15, -0.1) is 0 Å². The molecule has 0 unspecified atom stereocenters. The van der Waals surface area contributed by atoms with Gasteiger partial charge in [0.05, 0.1) is 6.54 Å². The minimum absolute atomic E-state index is 0.234. The van der Waals surface area contributed by atoms with E-state index in [2.05, 4.69) is 22.5 Å². The molecule has 0 atom stereocenters. The number of rotatable bonds is 4. The van der Waals surface area contributed by atoms with Crippen molar-refractivity contribution in [3.63, 3.8) is 0 Å². The van der Waals surface area contributed by atoms with Gasteiger partial charge in [-0.25, -0.2) is 4.79 Å². The highest BCUT2D eigenvalue weighted by atomic mass is 16.2. The highest BCUT2D eigenvalue weighted by Crippen LogP contribution is 2.02. The van der Waals surface area contributed by atoms with Gasteiger partial charge in [0.15, 0.2) is 0 Å². The van der Waals surface area contributed by atoms with Crippen molar-refractivity contribution in [3.8, 4) is 11.8 Å². The Labute approximate surface area is 134 Å². The van der Waals surface area contributed by atoms with Gasteiger partial charge in [-0.2, -0.15) is 0 Å². The quantitative estimate of drug-likeness (QED) is 0.750. The SMILES string of the molecule is NC(=O)c1ccc(C#CCNC(=O)NCc2ccccc2)cc1. The lowest BCUT2D eigenvalue weighted by atomic mass is 10.1. The second-order valence-electron chi connectivity index (χ2n) is 4.77. The predicted octanol–water partition coefficient (Wildman–Crippen LogP) is 1.64. The maximum atomic E-state index is 11.6. The molecule has 5 heteroatoms. The van der Waals surface area contributed by atoms with Crippen LogP contribution in [0.3, 0.4) is 0 Å². The van der Waals surface area contributed by atoms with Gasteiger partial charge in [0.25, 0.3) is 0 Å². The van der Waals surface area contributed by atoms with Crippen molar-refractivity contribution in [1.29, 1.82) is 0 Å². The summed E-state index contributed by atoms with van der Waals surface area (Å²) in [7, 11) is 0. The first-order valence-electron chi connectivity index (χ1n) is 7.09. The average molecular weight is 307 g/mol. The Morgan fingerprint density at radius 3 is 2.30 bits per heavy atom. The third-order valence-electron chi connectivity index (χ3n) is 3.04. The van der Waals surface area contributed by atoms with Crippen LogP contribution in [0.1, 0.15) is 21.5 Å². The molecule has 0 spiro atoms. The maximum Gasteiger partial charge on any atom is 0.315 e. The van der Waals surface area contributed by atoms with Crippen LogP contribution >= 0.6 is 0 Å². The van der Waals surface area contributed by atoms with Crippen LogP contribution in [0.15, 0.2) is 54.6 Å². The smallest absolute Gasteiger partial charge is 0.315 e. The molecule has 2 rings (SSSR count). The van der Waals surface area contributed by atoms with Crippen molar-refractivity contribution in [2.45, 2.75) is 6.54 Å². The van der Waals surface area contributed by atoms with Gasteiger partial charge < -0.3 is 16.4 Å². The topological polar surface area (TPSA) is 84.2 Å². The molecular formula is C18H17N3O2. The first-order valence-corrected chi connectivity index (χ1v) is 7.09. The van der Waals surface area contributed by atoms with Crippen LogP contribution in [0, 0.1) is 11.8 Å². The largest absolute Gasteiger partial charge is 0.366 e. The van der Waals surface area contributed by atoms with E-state index in [1.165, 1.54) is 0 Å². The third-order valence-corrected chi connectivity index (χ3v) is 3.04. The van der Waals surface area contributed by atoms with E-state index in [0.717, 1.165) is 11.1 Å². The van der Waals surface area contributed by atoms with Crippen LogP contribution in [0.25, 0.3) is 0 Å². The molecule has 0 saturated heterocycles. The Balaban J connectivity index is 1.74. The zero-order valence-corrected chi connectivity index (χ0v) is 12.5. The number of urea groups is 1. The third kappa shape index (κ3) is 5.56. The fourth-order valence-electron chi connectivity index (χ4n) is 1.83. The van der Waals surface area contributed by atoms with E-state index < -0.39 is 5.91 Å². The van der Waals surface area contributed by atoms with Crippen molar-refractivity contribution < 1.29 is 9.59 Å². The van der Waals surface area contributed by atoms with E-state index in [1.54, 1.807) is 24.3 Å². The summed E-state index contributed by atoms with van der Waals surface area (Å²) in [6.07, 6.45) is 0. The monoisotopic (exact) mass is 307 g/mol. The van der Waals surface area contributed by atoms with Crippen LogP contribution in [0.5, 0.6) is 0 Å². The van der Waals surface area contributed by atoms with E-state index in [-0.39, 0.29) is 12.6 Å². The van der Waals surface area contributed by atoms with Crippen LogP contribution in [-0.2, 0) is 6.54 Å². The number of carbonyl (C=O) groups is 2. The number of nitrogens with one attached hydrogen (secondary N) is 2. The van der Waals surface area contributed by atoms with Gasteiger partial charge >= 0.3 is 6.03 Å². The second kappa shape index (κ2) is 8.25. The van der Waals surface area contributed by atoms with Crippen LogP contribution < -0.4 is 16.4 Å². The molecule has 0 saturated carbocycles. The summed E-state index contributed by atoms with van der Waals surface area (Å²) in [6.45, 7) is 0.701. The lowest BCUT2D eigenvalue weighted by Crippen LogP contribution is -2.35. The fraction of sp³-hybridized carbons (Fsp3) is 0.111. The first kappa shape index (κ1) is 16.1. The van der Waals surface area contributed by atoms with Crippen LogP contribution in [0.4, 0.5) is 4.79 Å². The van der Waals surface area contributed by atoms with Crippen molar-refractivity contribution in [1.82, 2.24) is 10.6 Å². The van der Waals surface area contributed by atoms with Crippen LogP contribution in [0.2, 0.25) is 0 Å². The zero-order valence-electron chi connectivity index (χ0n) is 12.5. The minimum Gasteiger partial charge on any atom is -0.366 e. The Morgan fingerprint density at radius 1 is 0.957 bits per heavy atom. The molecule has 23 heavy (non-hydrogen) atoms. The van der Waals surface area contributed by atoms with Gasteiger partial charge in [0, 0.05) is 17.7 Å². The Morgan fingerprint density at radius 2 is 1.65 bits per heavy atom. The summed E-state index contributed by atoms with van der Waals surface area (Å²) in [5.74, 6) is 5.27. The van der Waals surface area contributed by atoms with Gasteiger partial charge in [0.1, 0.15) is 0 Å². The molecule has 0 fully saturated rings. The molecule has 0 bridgehead atoms. The molecule has 0 radical (unpaired) electrons. The van der Waals surface area contributed by atoms with Gasteiger partial charge in [-0.3, -0.25) is 4.79 Å². The number of hydrogen-bond donors (Lipinski definition) is 3. The Hall–Kier alpha value is -3.26. The fourth-order valence-corrected chi connectivity index (χ4v) is 1.83. The van der Waals surface area contributed by atoms with E-state index in [0.29, 0.717) is 12.1 Å². The van der Waals surface area contributed by atoms with E-state index in [4.69, 9.17) is 5.73 Å². The molecule has 5 nitrogen and oxygen atoms in total. The number of hydrogen-bond acceptors (Lipinski definition) is 2. The molecule has 2 aromatic rings. The Kier molecular flexibility index (Phi) is 5.78. The lowest BCUT2D eigenvalue weighted by molar-refractivity contribution is 0.100. The summed E-state index contributed by atoms with van der Waals surface area (Å²) in [5.41, 5.74) is 7.38. The summed E-state index contributed by atoms with van der Waals surface area (Å²) >= 11 is 0. The number of primary amides is 1. The first-order chi connectivity index (χ1) is 11.1. The predicted molar refractivity (Wildman–Crippen MR) is 88.5 cm³/mol. The normalized spacial score (nSPS) is 9.39. The number of carbonyl (C=O) groups excluding carboxylic acids is 2. The Bertz CT molecular complexity index is 728. The van der Waals surface area contributed by atoms with Crippen molar-refractivity contribution in [2.24, 2.45) is 5.73 Å². The average Bonchev–Trinajstić information content (AvgIpc) is 2.58. The van der Waals surface area contributed by atoms with Crippen molar-refractivity contribution >= 4 is 11.9 Å². The molecule has 116 valence electrons. The summed E-state index contributed by atoms with van der Waals surface area (Å²) < 4.78 is 0. The van der Waals surface area contributed by atoms with E-state index in [1.807, 2.05) is 30.3 Å². The molecule has 0 heterocycles. The number of nitrogens with two attached hydrogens (primary N) is 1. The summed E-state index contributed by atoms with van der Waals surface area (Å²) in [5, 5.41) is 5.40. The maximum absolute atomic E-state index is 11.6. The molecule has 0 aliphatic carbocycles. The highest BCUT2D eigenvalue weighted by Gasteiger charge is 1.99. The van der Waals surface area contributed by atoms with Gasteiger partial charge in [0.2, 0.25) is 5.91 Å². The summed E-state index contributed by atoms with van der Waals surface area (Å²) in [6, 6.07) is 16.0. The molecule has 0 aromatic heterocycles. The standard InChI is InChI=1S/C18H17N3O2/c19-17(22)16-10-8-14(9-11-16)7-4-12-20-18(23)21-13-15-5-2-1-3-6-15/h1-3,5-6,8-11H,12-13H2,(H2,19,22)(H2,20,21,23). The number of amides is 3. The van der Waals surface area contributed by atoms with Crippen molar-refractivity contribution in [3.05, 3.63) is 71.3 Å². The molecule has 3 amide bonds. The molecule has 4 N–H and O–H groups in total. The molecular weight excluding hydrogens is 290 g/mol. The molecule has 0 aliphatic rings. The van der Waals surface area contributed by atoms with E-state index >= 15 is 0 Å². The van der Waals surface area contributed by atoms with Crippen LogP contribution in [-0.4, -0.2) is 18.5 Å². The number of benzene rings is 2.